The fraction of sp³-hybridized carbons (Fsp3) is 0.350. The molecule has 0 radical (unpaired) electrons. The lowest BCUT2D eigenvalue weighted by atomic mass is 9.88. The summed E-state index contributed by atoms with van der Waals surface area (Å²) < 4.78 is 0.995. The van der Waals surface area contributed by atoms with Crippen LogP contribution in [0, 0.1) is 5.92 Å². The van der Waals surface area contributed by atoms with Crippen LogP contribution >= 0.6 is 22.9 Å². The first-order valence-corrected chi connectivity index (χ1v) is 10.2. The molecule has 2 heterocycles. The summed E-state index contributed by atoms with van der Waals surface area (Å²) in [6.45, 7) is 0.438. The molecule has 26 heavy (non-hydrogen) atoms. The van der Waals surface area contributed by atoms with Crippen LogP contribution in [0.25, 0.3) is 10.2 Å². The Morgan fingerprint density at radius 2 is 2.00 bits per heavy atom. The van der Waals surface area contributed by atoms with Gasteiger partial charge >= 0.3 is 0 Å². The van der Waals surface area contributed by atoms with Gasteiger partial charge in [0.05, 0.1) is 22.0 Å². The van der Waals surface area contributed by atoms with Crippen molar-refractivity contribution in [3.63, 3.8) is 0 Å². The van der Waals surface area contributed by atoms with Gasteiger partial charge in [-0.1, -0.05) is 54.3 Å². The Morgan fingerprint density at radius 3 is 2.73 bits per heavy atom. The highest BCUT2D eigenvalue weighted by Crippen LogP contribution is 2.35. The summed E-state index contributed by atoms with van der Waals surface area (Å²) in [5, 5.41) is 1.32. The number of thiazole rings is 1. The quantitative estimate of drug-likeness (QED) is 0.599. The summed E-state index contributed by atoms with van der Waals surface area (Å²) >= 11 is 7.80. The van der Waals surface area contributed by atoms with Gasteiger partial charge in [-0.3, -0.25) is 14.7 Å². The number of carbonyl (C=O) groups is 1. The van der Waals surface area contributed by atoms with Crippen molar-refractivity contribution >= 4 is 44.2 Å². The Morgan fingerprint density at radius 1 is 1.15 bits per heavy atom. The second-order valence-electron chi connectivity index (χ2n) is 6.66. The summed E-state index contributed by atoms with van der Waals surface area (Å²) in [6, 6.07) is 11.5. The van der Waals surface area contributed by atoms with Gasteiger partial charge < -0.3 is 0 Å². The number of fused-ring (bicyclic) bond motifs is 1. The van der Waals surface area contributed by atoms with E-state index >= 15 is 0 Å². The number of nitrogens with zero attached hydrogens (tertiary/aromatic N) is 3. The molecule has 0 aliphatic heterocycles. The molecule has 1 amide bonds. The van der Waals surface area contributed by atoms with Crippen molar-refractivity contribution in [2.24, 2.45) is 5.92 Å². The Kier molecular flexibility index (Phi) is 5.18. The van der Waals surface area contributed by atoms with E-state index in [-0.39, 0.29) is 11.8 Å². The smallest absolute Gasteiger partial charge is 0.232 e. The molecular weight excluding hydrogens is 366 g/mol. The number of anilines is 1. The first kappa shape index (κ1) is 17.4. The molecule has 0 unspecified atom stereocenters. The minimum absolute atomic E-state index is 0.0787. The molecule has 1 aliphatic rings. The van der Waals surface area contributed by atoms with Crippen LogP contribution in [0.4, 0.5) is 5.13 Å². The number of rotatable bonds is 4. The molecule has 6 heteroatoms. The fourth-order valence-electron chi connectivity index (χ4n) is 3.48. The van der Waals surface area contributed by atoms with Crippen LogP contribution in [0.5, 0.6) is 0 Å². The second-order valence-corrected chi connectivity index (χ2v) is 8.08. The Hall–Kier alpha value is -1.98. The van der Waals surface area contributed by atoms with E-state index < -0.39 is 0 Å². The maximum atomic E-state index is 13.3. The average molecular weight is 386 g/mol. The van der Waals surface area contributed by atoms with Crippen LogP contribution in [0.15, 0.2) is 42.6 Å². The normalized spacial score (nSPS) is 15.3. The fourth-order valence-corrected chi connectivity index (χ4v) is 4.75. The van der Waals surface area contributed by atoms with Crippen molar-refractivity contribution in [3.05, 3.63) is 53.3 Å². The van der Waals surface area contributed by atoms with Gasteiger partial charge in [0.1, 0.15) is 5.52 Å². The van der Waals surface area contributed by atoms with Crippen LogP contribution < -0.4 is 4.90 Å². The van der Waals surface area contributed by atoms with Gasteiger partial charge in [-0.25, -0.2) is 4.98 Å². The van der Waals surface area contributed by atoms with Gasteiger partial charge in [0.15, 0.2) is 5.13 Å². The number of halogens is 1. The molecule has 1 fully saturated rings. The molecule has 0 N–H and O–H groups in total. The molecule has 1 saturated carbocycles. The number of para-hydroxylation sites is 1. The van der Waals surface area contributed by atoms with Crippen molar-refractivity contribution in [3.8, 4) is 0 Å². The van der Waals surface area contributed by atoms with E-state index in [4.69, 9.17) is 11.6 Å². The zero-order valence-corrected chi connectivity index (χ0v) is 16.0. The number of amides is 1. The molecular formula is C20H20ClN3OS. The zero-order valence-electron chi connectivity index (χ0n) is 14.4. The van der Waals surface area contributed by atoms with Crippen molar-refractivity contribution in [1.82, 2.24) is 9.97 Å². The average Bonchev–Trinajstić information content (AvgIpc) is 3.12. The van der Waals surface area contributed by atoms with Crippen LogP contribution in [0.2, 0.25) is 5.02 Å². The number of carbonyl (C=O) groups excluding carboxylic acids is 1. The molecule has 0 atom stereocenters. The third-order valence-electron chi connectivity index (χ3n) is 4.86. The third-order valence-corrected chi connectivity index (χ3v) is 6.20. The first-order chi connectivity index (χ1) is 12.7. The predicted octanol–water partition coefficient (Wildman–Crippen LogP) is 5.46. The number of aromatic nitrogens is 2. The standard InChI is InChI=1S/C20H20ClN3OS/c21-16-10-6-11-17-18(16)23-20(26-17)24(13-15-9-4-5-12-22-15)19(25)14-7-2-1-3-8-14/h4-6,9-12,14H,1-3,7-8,13H2. The van der Waals surface area contributed by atoms with E-state index in [1.807, 2.05) is 36.4 Å². The number of benzene rings is 1. The number of pyridine rings is 1. The monoisotopic (exact) mass is 385 g/mol. The number of hydrogen-bond donors (Lipinski definition) is 0. The van der Waals surface area contributed by atoms with Crippen LogP contribution in [0.1, 0.15) is 37.8 Å². The third kappa shape index (κ3) is 3.60. The number of hydrogen-bond acceptors (Lipinski definition) is 4. The van der Waals surface area contributed by atoms with E-state index in [2.05, 4.69) is 9.97 Å². The SMILES string of the molecule is O=C(C1CCCCC1)N(Cc1ccccn1)c1nc2c(Cl)cccc2s1. The highest BCUT2D eigenvalue weighted by Gasteiger charge is 2.29. The molecule has 1 aromatic carbocycles. The highest BCUT2D eigenvalue weighted by atomic mass is 35.5. The van der Waals surface area contributed by atoms with Crippen LogP contribution in [0.3, 0.4) is 0 Å². The molecule has 0 saturated heterocycles. The largest absolute Gasteiger partial charge is 0.282 e. The summed E-state index contributed by atoms with van der Waals surface area (Å²) in [6.07, 6.45) is 7.15. The molecule has 0 spiro atoms. The van der Waals surface area contributed by atoms with Gasteiger partial charge in [-0.05, 0) is 37.1 Å². The Labute approximate surface area is 161 Å². The van der Waals surface area contributed by atoms with Crippen molar-refractivity contribution in [2.45, 2.75) is 38.6 Å². The molecule has 2 aromatic heterocycles. The van der Waals surface area contributed by atoms with Crippen molar-refractivity contribution in [1.29, 1.82) is 0 Å². The molecule has 134 valence electrons. The summed E-state index contributed by atoms with van der Waals surface area (Å²) in [7, 11) is 0. The molecule has 4 nitrogen and oxygen atoms in total. The van der Waals surface area contributed by atoms with E-state index in [0.29, 0.717) is 16.7 Å². The Balaban J connectivity index is 1.70. The Bertz CT molecular complexity index is 906. The van der Waals surface area contributed by atoms with E-state index in [1.54, 1.807) is 11.1 Å². The van der Waals surface area contributed by atoms with Crippen LogP contribution in [-0.4, -0.2) is 15.9 Å². The van der Waals surface area contributed by atoms with Gasteiger partial charge in [-0.15, -0.1) is 0 Å². The first-order valence-electron chi connectivity index (χ1n) is 8.99. The highest BCUT2D eigenvalue weighted by molar-refractivity contribution is 7.22. The maximum Gasteiger partial charge on any atom is 0.232 e. The van der Waals surface area contributed by atoms with Crippen molar-refractivity contribution < 1.29 is 4.79 Å². The molecule has 1 aliphatic carbocycles. The van der Waals surface area contributed by atoms with Gasteiger partial charge in [0.25, 0.3) is 0 Å². The lowest BCUT2D eigenvalue weighted by molar-refractivity contribution is -0.123. The lowest BCUT2D eigenvalue weighted by Crippen LogP contribution is -2.36. The maximum absolute atomic E-state index is 13.3. The van der Waals surface area contributed by atoms with E-state index in [1.165, 1.54) is 17.8 Å². The second kappa shape index (κ2) is 7.72. The van der Waals surface area contributed by atoms with Crippen molar-refractivity contribution in [2.75, 3.05) is 4.90 Å². The lowest BCUT2D eigenvalue weighted by Gasteiger charge is -2.27. The minimum Gasteiger partial charge on any atom is -0.282 e. The summed E-state index contributed by atoms with van der Waals surface area (Å²) in [5.41, 5.74) is 1.62. The van der Waals surface area contributed by atoms with Crippen LogP contribution in [-0.2, 0) is 11.3 Å². The summed E-state index contributed by atoms with van der Waals surface area (Å²) in [4.78, 5) is 24.2. The van der Waals surface area contributed by atoms with E-state index in [9.17, 15) is 4.79 Å². The van der Waals surface area contributed by atoms with Gasteiger partial charge in [0, 0.05) is 12.1 Å². The molecule has 4 rings (SSSR count). The molecule has 3 aromatic rings. The topological polar surface area (TPSA) is 46.1 Å². The van der Waals surface area contributed by atoms with Gasteiger partial charge in [0.2, 0.25) is 5.91 Å². The molecule has 0 bridgehead atoms. The van der Waals surface area contributed by atoms with E-state index in [0.717, 1.165) is 41.6 Å². The van der Waals surface area contributed by atoms with Gasteiger partial charge in [-0.2, -0.15) is 0 Å². The zero-order chi connectivity index (χ0) is 17.9. The summed E-state index contributed by atoms with van der Waals surface area (Å²) in [5.74, 6) is 0.237. The minimum atomic E-state index is 0.0787. The predicted molar refractivity (Wildman–Crippen MR) is 107 cm³/mol.